The molecule has 1 aliphatic heterocycles. The molecule has 1 fully saturated rings. The monoisotopic (exact) mass is 405 g/mol. The summed E-state index contributed by atoms with van der Waals surface area (Å²) in [6, 6.07) is -0.738. The Morgan fingerprint density at radius 3 is 2.54 bits per heavy atom. The second-order valence-electron chi connectivity index (χ2n) is 6.30. The van der Waals surface area contributed by atoms with Gasteiger partial charge in [-0.25, -0.2) is 0 Å². The standard InChI is InChI=1S/C17H31N3O8/c1-3-14(24)19-9-15(25)18-4-5-26-6-7-27-17-16(20-11(2)22)13(23)8-12(10-21)28-17/h12-13,16-17,21,23H,3-10H2,1-2H3,(H,18,25)(H,19,24)(H,20,22). The summed E-state index contributed by atoms with van der Waals surface area (Å²) in [6.45, 7) is 3.55. The summed E-state index contributed by atoms with van der Waals surface area (Å²) in [7, 11) is 0. The van der Waals surface area contributed by atoms with E-state index in [1.807, 2.05) is 0 Å². The first-order valence-corrected chi connectivity index (χ1v) is 9.31. The maximum Gasteiger partial charge on any atom is 0.239 e. The Morgan fingerprint density at radius 2 is 1.89 bits per heavy atom. The van der Waals surface area contributed by atoms with Gasteiger partial charge in [-0.05, 0) is 0 Å². The van der Waals surface area contributed by atoms with E-state index in [-0.39, 0.29) is 63.7 Å². The quantitative estimate of drug-likeness (QED) is 0.226. The first-order valence-electron chi connectivity index (χ1n) is 9.31. The Hall–Kier alpha value is -1.79. The highest BCUT2D eigenvalue weighted by Crippen LogP contribution is 2.21. The van der Waals surface area contributed by atoms with Crippen LogP contribution < -0.4 is 16.0 Å². The first kappa shape index (κ1) is 24.2. The molecule has 0 saturated carbocycles. The van der Waals surface area contributed by atoms with Gasteiger partial charge in [0.15, 0.2) is 6.29 Å². The zero-order chi connectivity index (χ0) is 20.9. The SMILES string of the molecule is CCC(=O)NCC(=O)NCCOCCOC1OC(CO)CC(O)C1NC(C)=O. The molecular weight excluding hydrogens is 374 g/mol. The van der Waals surface area contributed by atoms with Crippen LogP contribution in [0.3, 0.4) is 0 Å². The van der Waals surface area contributed by atoms with Crippen molar-refractivity contribution in [1.29, 1.82) is 0 Å². The predicted molar refractivity (Wildman–Crippen MR) is 97.1 cm³/mol. The van der Waals surface area contributed by atoms with Crippen LogP contribution in [0.1, 0.15) is 26.7 Å². The van der Waals surface area contributed by atoms with Gasteiger partial charge in [-0.1, -0.05) is 6.92 Å². The van der Waals surface area contributed by atoms with Crippen molar-refractivity contribution in [3.05, 3.63) is 0 Å². The molecule has 11 nitrogen and oxygen atoms in total. The molecule has 4 atom stereocenters. The third-order valence-corrected chi connectivity index (χ3v) is 3.96. The number of rotatable bonds is 12. The summed E-state index contributed by atoms with van der Waals surface area (Å²) in [4.78, 5) is 33.8. The average Bonchev–Trinajstić information content (AvgIpc) is 2.66. The number of carbonyl (C=O) groups excluding carboxylic acids is 3. The van der Waals surface area contributed by atoms with E-state index in [1.54, 1.807) is 6.92 Å². The first-order chi connectivity index (χ1) is 13.4. The van der Waals surface area contributed by atoms with Crippen molar-refractivity contribution < 1.29 is 38.8 Å². The molecule has 4 unspecified atom stereocenters. The van der Waals surface area contributed by atoms with Crippen LogP contribution in [0.4, 0.5) is 0 Å². The Morgan fingerprint density at radius 1 is 1.14 bits per heavy atom. The molecule has 0 aromatic heterocycles. The van der Waals surface area contributed by atoms with Gasteiger partial charge < -0.3 is 40.4 Å². The molecule has 5 N–H and O–H groups in total. The molecule has 1 saturated heterocycles. The summed E-state index contributed by atoms with van der Waals surface area (Å²) >= 11 is 0. The van der Waals surface area contributed by atoms with E-state index in [4.69, 9.17) is 14.2 Å². The van der Waals surface area contributed by atoms with Gasteiger partial charge in [0.2, 0.25) is 17.7 Å². The number of ether oxygens (including phenoxy) is 3. The van der Waals surface area contributed by atoms with Crippen molar-refractivity contribution in [3.63, 3.8) is 0 Å². The number of aliphatic hydroxyl groups excluding tert-OH is 2. The van der Waals surface area contributed by atoms with Crippen LogP contribution in [0, 0.1) is 0 Å². The predicted octanol–water partition coefficient (Wildman–Crippen LogP) is -2.37. The lowest BCUT2D eigenvalue weighted by molar-refractivity contribution is -0.239. The molecule has 0 spiro atoms. The van der Waals surface area contributed by atoms with Crippen molar-refractivity contribution >= 4 is 17.7 Å². The summed E-state index contributed by atoms with van der Waals surface area (Å²) in [5, 5.41) is 27.0. The highest BCUT2D eigenvalue weighted by atomic mass is 16.7. The summed E-state index contributed by atoms with van der Waals surface area (Å²) in [5.74, 6) is -0.829. The van der Waals surface area contributed by atoms with Crippen molar-refractivity contribution in [1.82, 2.24) is 16.0 Å². The minimum absolute atomic E-state index is 0.0757. The largest absolute Gasteiger partial charge is 0.394 e. The van der Waals surface area contributed by atoms with Crippen LogP contribution in [-0.4, -0.2) is 92.0 Å². The lowest BCUT2D eigenvalue weighted by atomic mass is 10.0. The number of aliphatic hydroxyl groups is 2. The molecule has 0 bridgehead atoms. The van der Waals surface area contributed by atoms with Crippen LogP contribution in [0.5, 0.6) is 0 Å². The Labute approximate surface area is 164 Å². The van der Waals surface area contributed by atoms with Crippen LogP contribution in [-0.2, 0) is 28.6 Å². The molecule has 162 valence electrons. The molecule has 11 heteroatoms. The van der Waals surface area contributed by atoms with Crippen molar-refractivity contribution in [2.75, 3.05) is 39.5 Å². The fourth-order valence-electron chi connectivity index (χ4n) is 2.54. The smallest absolute Gasteiger partial charge is 0.239 e. The maximum atomic E-state index is 11.5. The molecule has 3 amide bonds. The molecule has 28 heavy (non-hydrogen) atoms. The number of nitrogens with one attached hydrogen (secondary N) is 3. The van der Waals surface area contributed by atoms with Crippen LogP contribution in [0.2, 0.25) is 0 Å². The van der Waals surface area contributed by atoms with Gasteiger partial charge in [0.25, 0.3) is 0 Å². The highest BCUT2D eigenvalue weighted by molar-refractivity contribution is 5.84. The normalized spacial score (nSPS) is 24.4. The zero-order valence-electron chi connectivity index (χ0n) is 16.3. The second-order valence-corrected chi connectivity index (χ2v) is 6.30. The van der Waals surface area contributed by atoms with Gasteiger partial charge in [-0.3, -0.25) is 14.4 Å². The van der Waals surface area contributed by atoms with E-state index in [0.717, 1.165) is 0 Å². The molecule has 1 rings (SSSR count). The molecular formula is C17H31N3O8. The second kappa shape index (κ2) is 13.4. The highest BCUT2D eigenvalue weighted by Gasteiger charge is 2.38. The van der Waals surface area contributed by atoms with E-state index in [9.17, 15) is 24.6 Å². The topological polar surface area (TPSA) is 155 Å². The van der Waals surface area contributed by atoms with Crippen LogP contribution in [0.25, 0.3) is 0 Å². The third kappa shape index (κ3) is 9.42. The molecule has 1 aliphatic rings. The molecule has 0 aromatic carbocycles. The molecule has 0 aliphatic carbocycles. The maximum absolute atomic E-state index is 11.5. The molecule has 0 radical (unpaired) electrons. The Balaban J connectivity index is 2.21. The van der Waals surface area contributed by atoms with E-state index >= 15 is 0 Å². The lowest BCUT2D eigenvalue weighted by Crippen LogP contribution is -2.58. The average molecular weight is 405 g/mol. The van der Waals surface area contributed by atoms with Crippen LogP contribution >= 0.6 is 0 Å². The van der Waals surface area contributed by atoms with Gasteiger partial charge >= 0.3 is 0 Å². The Kier molecular flexibility index (Phi) is 11.6. The molecule has 0 aromatic rings. The Bertz CT molecular complexity index is 505. The van der Waals surface area contributed by atoms with Crippen LogP contribution in [0.15, 0.2) is 0 Å². The van der Waals surface area contributed by atoms with Gasteiger partial charge in [0.1, 0.15) is 6.04 Å². The lowest BCUT2D eigenvalue weighted by Gasteiger charge is -2.39. The number of hydrogen-bond acceptors (Lipinski definition) is 8. The van der Waals surface area contributed by atoms with Crippen molar-refractivity contribution in [2.24, 2.45) is 0 Å². The van der Waals surface area contributed by atoms with Crippen molar-refractivity contribution in [2.45, 2.75) is 51.2 Å². The number of amides is 3. The minimum Gasteiger partial charge on any atom is -0.394 e. The summed E-state index contributed by atoms with van der Waals surface area (Å²) < 4.78 is 16.4. The zero-order valence-corrected chi connectivity index (χ0v) is 16.3. The van der Waals surface area contributed by atoms with E-state index in [0.29, 0.717) is 6.42 Å². The number of carbonyl (C=O) groups is 3. The minimum atomic E-state index is -0.907. The van der Waals surface area contributed by atoms with E-state index in [1.165, 1.54) is 6.92 Å². The fourth-order valence-corrected chi connectivity index (χ4v) is 2.54. The molecule has 1 heterocycles. The van der Waals surface area contributed by atoms with E-state index in [2.05, 4.69) is 16.0 Å². The fraction of sp³-hybridized carbons (Fsp3) is 0.824. The third-order valence-electron chi connectivity index (χ3n) is 3.96. The van der Waals surface area contributed by atoms with Gasteiger partial charge in [0.05, 0.1) is 45.2 Å². The van der Waals surface area contributed by atoms with Gasteiger partial charge in [-0.2, -0.15) is 0 Å². The summed E-state index contributed by atoms with van der Waals surface area (Å²) in [6.07, 6.45) is -1.87. The van der Waals surface area contributed by atoms with E-state index < -0.39 is 24.5 Å². The summed E-state index contributed by atoms with van der Waals surface area (Å²) in [5.41, 5.74) is 0. The number of hydrogen-bond donors (Lipinski definition) is 5. The van der Waals surface area contributed by atoms with Gasteiger partial charge in [0, 0.05) is 26.3 Å². The van der Waals surface area contributed by atoms with Crippen molar-refractivity contribution in [3.8, 4) is 0 Å². The van der Waals surface area contributed by atoms with Gasteiger partial charge in [-0.15, -0.1) is 0 Å².